The Hall–Kier alpha value is -0.700. The monoisotopic (exact) mass is 278 g/mol. The molecular formula is C10H18N2O5S. The standard InChI is InChI=1S/C10H18N2O5S/c13-10(14)9-2-1-3-12(8-9)18(15,16)11-4-6-17-7-5-11/h9H,1-8H2,(H,13,14)/t9-/m1/s1. The van der Waals surface area contributed by atoms with E-state index in [-0.39, 0.29) is 6.54 Å². The van der Waals surface area contributed by atoms with Gasteiger partial charge in [-0.15, -0.1) is 0 Å². The summed E-state index contributed by atoms with van der Waals surface area (Å²) in [5, 5.41) is 8.98. The molecule has 8 heteroatoms. The molecule has 1 atom stereocenters. The van der Waals surface area contributed by atoms with Crippen LogP contribution in [0.2, 0.25) is 0 Å². The Kier molecular flexibility index (Phi) is 4.21. The zero-order chi connectivity index (χ0) is 13.2. The predicted octanol–water partition coefficient (Wildman–Crippen LogP) is -0.640. The summed E-state index contributed by atoms with van der Waals surface area (Å²) in [5.41, 5.74) is 0. The number of hydrogen-bond acceptors (Lipinski definition) is 4. The van der Waals surface area contributed by atoms with Gasteiger partial charge < -0.3 is 9.84 Å². The van der Waals surface area contributed by atoms with Crippen LogP contribution in [0.25, 0.3) is 0 Å². The molecule has 0 spiro atoms. The molecule has 2 aliphatic heterocycles. The first kappa shape index (κ1) is 13.7. The zero-order valence-corrected chi connectivity index (χ0v) is 10.9. The van der Waals surface area contributed by atoms with Crippen LogP contribution in [-0.2, 0) is 19.7 Å². The number of aliphatic carboxylic acids is 1. The van der Waals surface area contributed by atoms with Gasteiger partial charge in [0, 0.05) is 26.2 Å². The van der Waals surface area contributed by atoms with Crippen molar-refractivity contribution >= 4 is 16.2 Å². The topological polar surface area (TPSA) is 87.2 Å². The maximum Gasteiger partial charge on any atom is 0.307 e. The van der Waals surface area contributed by atoms with Crippen molar-refractivity contribution in [2.24, 2.45) is 5.92 Å². The van der Waals surface area contributed by atoms with Crippen LogP contribution < -0.4 is 0 Å². The minimum absolute atomic E-state index is 0.0784. The molecule has 0 saturated carbocycles. The van der Waals surface area contributed by atoms with Gasteiger partial charge in [-0.05, 0) is 12.8 Å². The number of piperidine rings is 1. The molecule has 0 bridgehead atoms. The van der Waals surface area contributed by atoms with Gasteiger partial charge in [-0.25, -0.2) is 0 Å². The second-order valence-electron chi connectivity index (χ2n) is 4.55. The number of hydrogen-bond donors (Lipinski definition) is 1. The van der Waals surface area contributed by atoms with E-state index in [9.17, 15) is 13.2 Å². The summed E-state index contributed by atoms with van der Waals surface area (Å²) in [6, 6.07) is 0. The van der Waals surface area contributed by atoms with Gasteiger partial charge in [-0.1, -0.05) is 0 Å². The summed E-state index contributed by atoms with van der Waals surface area (Å²) >= 11 is 0. The number of nitrogens with zero attached hydrogens (tertiary/aromatic N) is 2. The van der Waals surface area contributed by atoms with E-state index < -0.39 is 22.1 Å². The summed E-state index contributed by atoms with van der Waals surface area (Å²) in [4.78, 5) is 10.9. The van der Waals surface area contributed by atoms with Crippen LogP contribution in [0.4, 0.5) is 0 Å². The molecule has 0 aromatic carbocycles. The third kappa shape index (κ3) is 2.82. The molecule has 0 radical (unpaired) electrons. The van der Waals surface area contributed by atoms with Gasteiger partial charge in [0.2, 0.25) is 0 Å². The molecule has 0 aromatic heterocycles. The molecule has 2 heterocycles. The van der Waals surface area contributed by atoms with Gasteiger partial charge in [0.25, 0.3) is 10.2 Å². The number of morpholine rings is 1. The summed E-state index contributed by atoms with van der Waals surface area (Å²) in [6.07, 6.45) is 1.14. The molecule has 2 rings (SSSR count). The average Bonchev–Trinajstić information content (AvgIpc) is 2.40. The number of carbonyl (C=O) groups is 1. The summed E-state index contributed by atoms with van der Waals surface area (Å²) in [6.45, 7) is 1.97. The maximum absolute atomic E-state index is 12.3. The van der Waals surface area contributed by atoms with E-state index in [2.05, 4.69) is 0 Å². The molecule has 104 valence electrons. The Morgan fingerprint density at radius 2 is 1.83 bits per heavy atom. The zero-order valence-electron chi connectivity index (χ0n) is 10.1. The van der Waals surface area contributed by atoms with Gasteiger partial charge in [-0.3, -0.25) is 4.79 Å². The van der Waals surface area contributed by atoms with Crippen molar-refractivity contribution in [3.8, 4) is 0 Å². The number of carboxylic acids is 1. The highest BCUT2D eigenvalue weighted by molar-refractivity contribution is 7.86. The summed E-state index contributed by atoms with van der Waals surface area (Å²) < 4.78 is 32.4. The van der Waals surface area contributed by atoms with E-state index in [0.29, 0.717) is 45.7 Å². The highest BCUT2D eigenvalue weighted by atomic mass is 32.2. The van der Waals surface area contributed by atoms with Crippen molar-refractivity contribution in [3.63, 3.8) is 0 Å². The molecule has 2 saturated heterocycles. The van der Waals surface area contributed by atoms with E-state index in [1.54, 1.807) is 0 Å². The fourth-order valence-corrected chi connectivity index (χ4v) is 3.96. The fourth-order valence-electron chi connectivity index (χ4n) is 2.29. The molecule has 18 heavy (non-hydrogen) atoms. The third-order valence-electron chi connectivity index (χ3n) is 3.36. The van der Waals surface area contributed by atoms with Gasteiger partial charge in [0.15, 0.2) is 0 Å². The molecule has 2 fully saturated rings. The highest BCUT2D eigenvalue weighted by Gasteiger charge is 2.36. The van der Waals surface area contributed by atoms with Crippen LogP contribution in [-0.4, -0.2) is 67.5 Å². The second kappa shape index (κ2) is 5.52. The first-order chi connectivity index (χ1) is 8.51. The quantitative estimate of drug-likeness (QED) is 0.742. The lowest BCUT2D eigenvalue weighted by Crippen LogP contribution is -2.52. The molecule has 0 unspecified atom stereocenters. The van der Waals surface area contributed by atoms with E-state index in [1.165, 1.54) is 8.61 Å². The van der Waals surface area contributed by atoms with Crippen molar-refractivity contribution in [2.75, 3.05) is 39.4 Å². The van der Waals surface area contributed by atoms with Crippen molar-refractivity contribution in [2.45, 2.75) is 12.8 Å². The third-order valence-corrected chi connectivity index (χ3v) is 5.36. The summed E-state index contributed by atoms with van der Waals surface area (Å²) in [5.74, 6) is -1.51. The maximum atomic E-state index is 12.3. The van der Waals surface area contributed by atoms with E-state index in [4.69, 9.17) is 9.84 Å². The Balaban J connectivity index is 2.06. The molecule has 1 N–H and O–H groups in total. The number of carboxylic acid groups (broad SMARTS) is 1. The molecule has 0 aliphatic carbocycles. The SMILES string of the molecule is O=C(O)[C@@H]1CCCN(S(=O)(=O)N2CCOCC2)C1. The minimum Gasteiger partial charge on any atom is -0.481 e. The van der Waals surface area contributed by atoms with Crippen LogP contribution in [0.1, 0.15) is 12.8 Å². The van der Waals surface area contributed by atoms with Crippen LogP contribution >= 0.6 is 0 Å². The fraction of sp³-hybridized carbons (Fsp3) is 0.900. The Labute approximate surface area is 106 Å². The Morgan fingerprint density at radius 3 is 2.44 bits per heavy atom. The van der Waals surface area contributed by atoms with Crippen molar-refractivity contribution in [1.82, 2.24) is 8.61 Å². The predicted molar refractivity (Wildman–Crippen MR) is 63.2 cm³/mol. The van der Waals surface area contributed by atoms with Crippen LogP contribution in [0.5, 0.6) is 0 Å². The molecular weight excluding hydrogens is 260 g/mol. The minimum atomic E-state index is -3.53. The van der Waals surface area contributed by atoms with E-state index in [0.717, 1.165) is 0 Å². The number of rotatable bonds is 3. The number of ether oxygens (including phenoxy) is 1. The lowest BCUT2D eigenvalue weighted by molar-refractivity contribution is -0.142. The summed E-state index contributed by atoms with van der Waals surface area (Å²) in [7, 11) is -3.53. The lowest BCUT2D eigenvalue weighted by atomic mass is 10.0. The van der Waals surface area contributed by atoms with Crippen LogP contribution in [0.3, 0.4) is 0 Å². The average molecular weight is 278 g/mol. The van der Waals surface area contributed by atoms with Crippen LogP contribution in [0.15, 0.2) is 0 Å². The molecule has 2 aliphatic rings. The van der Waals surface area contributed by atoms with E-state index in [1.807, 2.05) is 0 Å². The highest BCUT2D eigenvalue weighted by Crippen LogP contribution is 2.21. The van der Waals surface area contributed by atoms with Gasteiger partial charge >= 0.3 is 5.97 Å². The van der Waals surface area contributed by atoms with Crippen molar-refractivity contribution in [3.05, 3.63) is 0 Å². The Bertz CT molecular complexity index is 404. The smallest absolute Gasteiger partial charge is 0.307 e. The largest absolute Gasteiger partial charge is 0.481 e. The Morgan fingerprint density at radius 1 is 1.17 bits per heavy atom. The van der Waals surface area contributed by atoms with Crippen molar-refractivity contribution < 1.29 is 23.1 Å². The second-order valence-corrected chi connectivity index (χ2v) is 6.48. The van der Waals surface area contributed by atoms with Crippen molar-refractivity contribution in [1.29, 1.82) is 0 Å². The lowest BCUT2D eigenvalue weighted by Gasteiger charge is -2.35. The first-order valence-electron chi connectivity index (χ1n) is 6.07. The first-order valence-corrected chi connectivity index (χ1v) is 7.47. The van der Waals surface area contributed by atoms with Crippen LogP contribution in [0, 0.1) is 5.92 Å². The molecule has 0 amide bonds. The normalized spacial score (nSPS) is 28.1. The molecule has 7 nitrogen and oxygen atoms in total. The van der Waals surface area contributed by atoms with Gasteiger partial charge in [0.05, 0.1) is 19.1 Å². The molecule has 0 aromatic rings. The van der Waals surface area contributed by atoms with Gasteiger partial charge in [0.1, 0.15) is 0 Å². The van der Waals surface area contributed by atoms with E-state index >= 15 is 0 Å². The van der Waals surface area contributed by atoms with Gasteiger partial charge in [-0.2, -0.15) is 17.0 Å².